The minimum atomic E-state index is -0.465. The van der Waals surface area contributed by atoms with Gasteiger partial charge in [0.05, 0.1) is 27.4 Å². The Bertz CT molecular complexity index is 1020. The van der Waals surface area contributed by atoms with Crippen LogP contribution < -0.4 is 4.74 Å². The summed E-state index contributed by atoms with van der Waals surface area (Å²) in [4.78, 5) is 0. The standard InChI is InChI=1S/C22H16Cl2N2O/c23-16-10-6-11-17(24)21(16)22-26-19(15-9-4-5-12-20(15)27-22)13-18(25-26)14-7-2-1-3-8-14/h1-12,19,22H,13H2. The molecule has 2 heterocycles. The molecule has 5 heteroatoms. The van der Waals surface area contributed by atoms with E-state index in [9.17, 15) is 0 Å². The van der Waals surface area contributed by atoms with Crippen LogP contribution in [0.3, 0.4) is 0 Å². The lowest BCUT2D eigenvalue weighted by Gasteiger charge is -2.38. The molecule has 2 aliphatic heterocycles. The maximum Gasteiger partial charge on any atom is 0.216 e. The van der Waals surface area contributed by atoms with Crippen molar-refractivity contribution in [3.8, 4) is 5.75 Å². The first-order valence-electron chi connectivity index (χ1n) is 8.83. The van der Waals surface area contributed by atoms with Gasteiger partial charge in [0.15, 0.2) is 0 Å². The molecule has 0 N–H and O–H groups in total. The number of halogens is 2. The van der Waals surface area contributed by atoms with Gasteiger partial charge in [-0.25, -0.2) is 5.01 Å². The van der Waals surface area contributed by atoms with Crippen molar-refractivity contribution in [3.05, 3.63) is 99.5 Å². The lowest BCUT2D eigenvalue weighted by atomic mass is 9.96. The van der Waals surface area contributed by atoms with Gasteiger partial charge in [-0.15, -0.1) is 0 Å². The third kappa shape index (κ3) is 2.78. The molecule has 2 aliphatic rings. The van der Waals surface area contributed by atoms with Gasteiger partial charge in [0.2, 0.25) is 6.23 Å². The zero-order valence-electron chi connectivity index (χ0n) is 14.3. The Kier molecular flexibility index (Phi) is 4.07. The normalized spacial score (nSPS) is 20.5. The van der Waals surface area contributed by atoms with Crippen molar-refractivity contribution in [1.29, 1.82) is 0 Å². The Morgan fingerprint density at radius 2 is 1.56 bits per heavy atom. The van der Waals surface area contributed by atoms with E-state index in [1.165, 1.54) is 0 Å². The maximum absolute atomic E-state index is 6.49. The summed E-state index contributed by atoms with van der Waals surface area (Å²) in [5, 5.41) is 8.08. The van der Waals surface area contributed by atoms with Crippen molar-refractivity contribution in [2.75, 3.05) is 0 Å². The van der Waals surface area contributed by atoms with Crippen molar-refractivity contribution >= 4 is 28.9 Å². The molecule has 5 rings (SSSR count). The number of hydrogen-bond donors (Lipinski definition) is 0. The van der Waals surface area contributed by atoms with Gasteiger partial charge in [0.25, 0.3) is 0 Å². The van der Waals surface area contributed by atoms with Gasteiger partial charge in [-0.05, 0) is 23.8 Å². The highest BCUT2D eigenvalue weighted by Crippen LogP contribution is 2.49. The van der Waals surface area contributed by atoms with Crippen molar-refractivity contribution in [3.63, 3.8) is 0 Å². The van der Waals surface area contributed by atoms with Crippen molar-refractivity contribution in [1.82, 2.24) is 5.01 Å². The topological polar surface area (TPSA) is 24.8 Å². The predicted octanol–water partition coefficient (Wildman–Crippen LogP) is 6.24. The summed E-state index contributed by atoms with van der Waals surface area (Å²) in [5.74, 6) is 0.851. The number of hydrogen-bond acceptors (Lipinski definition) is 3. The molecule has 3 nitrogen and oxygen atoms in total. The number of hydrazone groups is 1. The van der Waals surface area contributed by atoms with Gasteiger partial charge in [0.1, 0.15) is 5.75 Å². The zero-order valence-corrected chi connectivity index (χ0v) is 15.9. The van der Waals surface area contributed by atoms with Crippen LogP contribution in [0.4, 0.5) is 0 Å². The minimum Gasteiger partial charge on any atom is -0.464 e. The fourth-order valence-corrected chi connectivity index (χ4v) is 4.36. The molecule has 134 valence electrons. The van der Waals surface area contributed by atoms with Gasteiger partial charge in [-0.3, -0.25) is 0 Å². The minimum absolute atomic E-state index is 0.0856. The van der Waals surface area contributed by atoms with Crippen molar-refractivity contribution in [2.45, 2.75) is 18.7 Å². The fourth-order valence-electron chi connectivity index (χ4n) is 3.78. The molecule has 3 aromatic rings. The third-order valence-corrected chi connectivity index (χ3v) is 5.71. The molecule has 0 saturated heterocycles. The molecule has 2 atom stereocenters. The monoisotopic (exact) mass is 394 g/mol. The van der Waals surface area contributed by atoms with E-state index in [1.807, 2.05) is 59.6 Å². The second kappa shape index (κ2) is 6.59. The maximum atomic E-state index is 6.49. The SMILES string of the molecule is Clc1cccc(Cl)c1C1Oc2ccccc2C2CC(c3ccccc3)=NN21. The lowest BCUT2D eigenvalue weighted by Crippen LogP contribution is -2.34. The van der Waals surface area contributed by atoms with E-state index in [0.29, 0.717) is 10.0 Å². The second-order valence-corrected chi connectivity index (χ2v) is 7.47. The molecule has 0 aliphatic carbocycles. The first-order chi connectivity index (χ1) is 13.2. The van der Waals surface area contributed by atoms with Crippen LogP contribution >= 0.6 is 23.2 Å². The Hall–Kier alpha value is -2.49. The number of nitrogens with zero attached hydrogens (tertiary/aromatic N) is 2. The van der Waals surface area contributed by atoms with Gasteiger partial charge in [-0.1, -0.05) is 77.8 Å². The molecule has 3 aromatic carbocycles. The summed E-state index contributed by atoms with van der Waals surface area (Å²) in [6.45, 7) is 0. The molecule has 0 bridgehead atoms. The summed E-state index contributed by atoms with van der Waals surface area (Å²) in [7, 11) is 0. The summed E-state index contributed by atoms with van der Waals surface area (Å²) in [6.07, 6.45) is 0.343. The molecule has 0 aromatic heterocycles. The zero-order chi connectivity index (χ0) is 18.4. The van der Waals surface area contributed by atoms with E-state index in [1.54, 1.807) is 0 Å². The van der Waals surface area contributed by atoms with E-state index < -0.39 is 6.23 Å². The summed E-state index contributed by atoms with van der Waals surface area (Å²) in [5.41, 5.74) is 4.03. The molecular weight excluding hydrogens is 379 g/mol. The number of para-hydroxylation sites is 1. The van der Waals surface area contributed by atoms with Crippen LogP contribution in [0.15, 0.2) is 77.9 Å². The smallest absolute Gasteiger partial charge is 0.216 e. The van der Waals surface area contributed by atoms with Crippen LogP contribution in [-0.4, -0.2) is 10.7 Å². The first-order valence-corrected chi connectivity index (χ1v) is 9.58. The molecule has 0 saturated carbocycles. The summed E-state index contributed by atoms with van der Waals surface area (Å²) < 4.78 is 6.33. The molecule has 0 radical (unpaired) electrons. The van der Waals surface area contributed by atoms with Crippen LogP contribution in [-0.2, 0) is 0 Å². The number of ether oxygens (including phenoxy) is 1. The number of rotatable bonds is 2. The molecular formula is C22H16Cl2N2O. The highest BCUT2D eigenvalue weighted by molar-refractivity contribution is 6.36. The average molecular weight is 395 g/mol. The van der Waals surface area contributed by atoms with Crippen LogP contribution in [0.5, 0.6) is 5.75 Å². The molecule has 0 spiro atoms. The highest BCUT2D eigenvalue weighted by atomic mass is 35.5. The summed E-state index contributed by atoms with van der Waals surface area (Å²) >= 11 is 13.0. The molecule has 0 amide bonds. The van der Waals surface area contributed by atoms with E-state index in [4.69, 9.17) is 33.0 Å². The Morgan fingerprint density at radius 1 is 0.852 bits per heavy atom. The van der Waals surface area contributed by atoms with Crippen LogP contribution in [0.1, 0.15) is 35.4 Å². The van der Waals surface area contributed by atoms with E-state index in [2.05, 4.69) is 18.2 Å². The third-order valence-electron chi connectivity index (χ3n) is 5.05. The van der Waals surface area contributed by atoms with Crippen molar-refractivity contribution < 1.29 is 4.74 Å². The fraction of sp³-hybridized carbons (Fsp3) is 0.136. The Balaban J connectivity index is 1.65. The van der Waals surface area contributed by atoms with Crippen LogP contribution in [0.25, 0.3) is 0 Å². The van der Waals surface area contributed by atoms with E-state index in [0.717, 1.165) is 34.6 Å². The summed E-state index contributed by atoms with van der Waals surface area (Å²) in [6, 6.07) is 23.9. The Labute approximate surface area is 167 Å². The van der Waals surface area contributed by atoms with Crippen LogP contribution in [0.2, 0.25) is 10.0 Å². The van der Waals surface area contributed by atoms with E-state index in [-0.39, 0.29) is 6.04 Å². The largest absolute Gasteiger partial charge is 0.464 e. The van der Waals surface area contributed by atoms with Gasteiger partial charge < -0.3 is 4.74 Å². The van der Waals surface area contributed by atoms with Crippen molar-refractivity contribution in [2.24, 2.45) is 5.10 Å². The molecule has 27 heavy (non-hydrogen) atoms. The number of benzene rings is 3. The van der Waals surface area contributed by atoms with E-state index >= 15 is 0 Å². The Morgan fingerprint density at radius 3 is 2.33 bits per heavy atom. The highest BCUT2D eigenvalue weighted by Gasteiger charge is 2.42. The molecule has 2 unspecified atom stereocenters. The first kappa shape index (κ1) is 16.7. The van der Waals surface area contributed by atoms with Crippen LogP contribution in [0, 0.1) is 0 Å². The van der Waals surface area contributed by atoms with Gasteiger partial charge in [-0.2, -0.15) is 5.10 Å². The van der Waals surface area contributed by atoms with Gasteiger partial charge >= 0.3 is 0 Å². The number of fused-ring (bicyclic) bond motifs is 3. The lowest BCUT2D eigenvalue weighted by molar-refractivity contribution is -0.0189. The quantitative estimate of drug-likeness (QED) is 0.513. The molecule has 0 fully saturated rings. The predicted molar refractivity (Wildman–Crippen MR) is 108 cm³/mol. The average Bonchev–Trinajstić information content (AvgIpc) is 3.14. The second-order valence-electron chi connectivity index (χ2n) is 6.66. The van der Waals surface area contributed by atoms with Gasteiger partial charge in [0, 0.05) is 12.0 Å².